The van der Waals surface area contributed by atoms with E-state index in [1.807, 2.05) is 0 Å². The predicted molar refractivity (Wildman–Crippen MR) is 240 cm³/mol. The molecule has 0 rings (SSSR count). The lowest BCUT2D eigenvalue weighted by atomic mass is 10.5. The highest BCUT2D eigenvalue weighted by Crippen LogP contribution is 2.31. The maximum atomic E-state index is 6.81. The second-order valence-corrected chi connectivity index (χ2v) is 60.3. The Bertz CT molecular complexity index is 1000. The highest BCUT2D eigenvalue weighted by Gasteiger charge is 2.51. The number of nitrogens with two attached hydrogens (primary N) is 2. The van der Waals surface area contributed by atoms with Gasteiger partial charge in [-0.15, -0.1) is 0 Å². The molecule has 0 saturated carbocycles. The highest BCUT2D eigenvalue weighted by molar-refractivity contribution is 6.93. The van der Waals surface area contributed by atoms with Crippen LogP contribution in [-0.2, 0) is 41.2 Å². The Kier molecular flexibility index (Phi) is 19.8. The van der Waals surface area contributed by atoms with Crippen molar-refractivity contribution in [2.24, 2.45) is 11.5 Å². The number of rotatable bonds is 26. The van der Waals surface area contributed by atoms with E-state index >= 15 is 0 Å². The molecule has 51 heavy (non-hydrogen) atoms. The Balaban J connectivity index is 5.53. The second-order valence-electron chi connectivity index (χ2n) is 18.9. The summed E-state index contributed by atoms with van der Waals surface area (Å²) >= 11 is 0. The summed E-state index contributed by atoms with van der Waals surface area (Å²) in [5, 5.41) is 0. The Morgan fingerprint density at radius 1 is 0.255 bits per heavy atom. The molecule has 0 aliphatic rings. The van der Waals surface area contributed by atoms with Gasteiger partial charge in [0.15, 0.2) is 16.6 Å². The molecule has 12 nitrogen and oxygen atoms in total. The average Bonchev–Trinajstić information content (AvgIpc) is 2.72. The summed E-state index contributed by atoms with van der Waals surface area (Å²) in [5.74, 6) is 0. The first-order valence-corrected chi connectivity index (χ1v) is 50.2. The molecular formula is C28H82N2O10Si11. The van der Waals surface area contributed by atoms with E-state index in [9.17, 15) is 0 Å². The van der Waals surface area contributed by atoms with Crippen molar-refractivity contribution in [1.29, 1.82) is 0 Å². The zero-order valence-electron chi connectivity index (χ0n) is 37.0. The third-order valence-electron chi connectivity index (χ3n) is 6.94. The molecule has 4 N–H and O–H groups in total. The van der Waals surface area contributed by atoms with Crippen molar-refractivity contribution in [2.75, 3.05) is 13.1 Å². The van der Waals surface area contributed by atoms with E-state index in [-0.39, 0.29) is 0 Å². The van der Waals surface area contributed by atoms with Crippen molar-refractivity contribution in [3.05, 3.63) is 0 Å². The SMILES string of the molecule is C[Si](C)(CCCN)O[Si](C)(C)O[Si](C)(C)O[Si](C)(C)O[Si](C)(C)O[Si](C)(C)O[Si](C)(C)O[Si](C)(C)O[Si](C)(C)O[Si](C)(C)O[Si](C)(C)CCCN. The van der Waals surface area contributed by atoms with E-state index in [4.69, 9.17) is 52.6 Å². The summed E-state index contributed by atoms with van der Waals surface area (Å²) in [6.07, 6.45) is 1.94. The fraction of sp³-hybridized carbons (Fsp3) is 1.00. The van der Waals surface area contributed by atoms with Gasteiger partial charge < -0.3 is 52.6 Å². The molecule has 0 aromatic rings. The van der Waals surface area contributed by atoms with Crippen LogP contribution >= 0.6 is 0 Å². The average molecular weight is 916 g/mol. The second kappa shape index (κ2) is 19.1. The maximum absolute atomic E-state index is 6.81. The molecule has 0 saturated heterocycles. The summed E-state index contributed by atoms with van der Waals surface area (Å²) in [6.45, 7) is 47.9. The molecule has 23 heteroatoms. The zero-order valence-corrected chi connectivity index (χ0v) is 48.0. The Hall–Kier alpha value is 1.91. The normalized spacial score (nSPS) is 15.5. The maximum Gasteiger partial charge on any atom is 0.314 e. The van der Waals surface area contributed by atoms with Crippen LogP contribution in [0, 0.1) is 0 Å². The minimum atomic E-state index is -2.71. The Morgan fingerprint density at radius 3 is 0.529 bits per heavy atom. The predicted octanol–water partition coefficient (Wildman–Crippen LogP) is 8.58. The van der Waals surface area contributed by atoms with Crippen LogP contribution in [0.3, 0.4) is 0 Å². The monoisotopic (exact) mass is 914 g/mol. The van der Waals surface area contributed by atoms with Crippen molar-refractivity contribution in [3.8, 4) is 0 Å². The first kappa shape index (κ1) is 52.9. The fourth-order valence-electron chi connectivity index (χ4n) is 7.41. The molecule has 0 radical (unpaired) electrons. The van der Waals surface area contributed by atoms with Gasteiger partial charge >= 0.3 is 77.0 Å². The minimum absolute atomic E-state index is 0.679. The number of hydrogen-bond acceptors (Lipinski definition) is 12. The van der Waals surface area contributed by atoms with Crippen molar-refractivity contribution in [1.82, 2.24) is 0 Å². The van der Waals surface area contributed by atoms with Crippen LogP contribution in [0.2, 0.25) is 156 Å². The van der Waals surface area contributed by atoms with E-state index in [1.54, 1.807) is 0 Å². The van der Waals surface area contributed by atoms with Crippen LogP contribution in [0.15, 0.2) is 0 Å². The van der Waals surface area contributed by atoms with Crippen LogP contribution in [0.1, 0.15) is 12.8 Å². The topological polar surface area (TPSA) is 144 Å². The lowest BCUT2D eigenvalue weighted by Crippen LogP contribution is -2.62. The number of hydrogen-bond donors (Lipinski definition) is 2. The summed E-state index contributed by atoms with van der Waals surface area (Å²) in [5.41, 5.74) is 11.5. The van der Waals surface area contributed by atoms with Crippen molar-refractivity contribution in [3.63, 3.8) is 0 Å². The van der Waals surface area contributed by atoms with E-state index in [0.717, 1.165) is 24.9 Å². The zero-order chi connectivity index (χ0) is 40.8. The van der Waals surface area contributed by atoms with Crippen LogP contribution in [0.4, 0.5) is 0 Å². The standard InChI is InChI=1S/C28H82N2O10Si11/c1-41(2,27-23-25-29)31-43(5,6)33-45(9,10)35-47(13,14)37-49(17,18)39-51(21,22)40-50(19,20)38-48(15,16)36-46(11,12)34-44(7,8)32-42(3,4)28-24-26-30/h23-30H2,1-22H3. The van der Waals surface area contributed by atoms with Gasteiger partial charge in [0, 0.05) is 0 Å². The minimum Gasteiger partial charge on any atom is -0.436 e. The fourth-order valence-corrected chi connectivity index (χ4v) is 63.7. The lowest BCUT2D eigenvalue weighted by molar-refractivity contribution is 0.255. The van der Waals surface area contributed by atoms with Crippen LogP contribution in [0.25, 0.3) is 0 Å². The van der Waals surface area contributed by atoms with Gasteiger partial charge in [0.2, 0.25) is 0 Å². The van der Waals surface area contributed by atoms with Gasteiger partial charge in [-0.05, 0) is 182 Å². The van der Waals surface area contributed by atoms with Gasteiger partial charge in [0.05, 0.1) is 0 Å². The van der Waals surface area contributed by atoms with Crippen LogP contribution < -0.4 is 11.5 Å². The van der Waals surface area contributed by atoms with Crippen molar-refractivity contribution in [2.45, 2.75) is 169 Å². The molecule has 0 heterocycles. The summed E-state index contributed by atoms with van der Waals surface area (Å²) in [4.78, 5) is 0. The smallest absolute Gasteiger partial charge is 0.314 e. The van der Waals surface area contributed by atoms with Gasteiger partial charge in [-0.2, -0.15) is 0 Å². The van der Waals surface area contributed by atoms with Crippen molar-refractivity contribution >= 4 is 93.7 Å². The van der Waals surface area contributed by atoms with Crippen LogP contribution in [0.5, 0.6) is 0 Å². The van der Waals surface area contributed by atoms with E-state index in [0.29, 0.717) is 13.1 Å². The third kappa shape index (κ3) is 25.0. The quantitative estimate of drug-likeness (QED) is 0.0803. The first-order valence-electron chi connectivity index (χ1n) is 18.6. The van der Waals surface area contributed by atoms with E-state index < -0.39 is 93.7 Å². The molecule has 0 aliphatic carbocycles. The molecule has 0 unspecified atom stereocenters. The third-order valence-corrected chi connectivity index (χ3v) is 49.9. The lowest BCUT2D eigenvalue weighted by Gasteiger charge is -2.45. The molecule has 308 valence electrons. The summed E-state index contributed by atoms with van der Waals surface area (Å²) < 4.78 is 67.6. The van der Waals surface area contributed by atoms with E-state index in [2.05, 4.69) is 144 Å². The molecule has 0 bridgehead atoms. The molecule has 0 spiro atoms. The van der Waals surface area contributed by atoms with Gasteiger partial charge in [-0.25, -0.2) is 0 Å². The molecule has 0 amide bonds. The van der Waals surface area contributed by atoms with Gasteiger partial charge in [0.1, 0.15) is 0 Å². The first-order chi connectivity index (χ1) is 22.2. The molecule has 0 aromatic carbocycles. The van der Waals surface area contributed by atoms with Gasteiger partial charge in [-0.3, -0.25) is 0 Å². The molecule has 0 aliphatic heterocycles. The summed E-state index contributed by atoms with van der Waals surface area (Å²) in [6, 6.07) is 2.04. The Morgan fingerprint density at radius 2 is 0.392 bits per heavy atom. The van der Waals surface area contributed by atoms with Gasteiger partial charge in [0.25, 0.3) is 0 Å². The van der Waals surface area contributed by atoms with Gasteiger partial charge in [-0.1, -0.05) is 0 Å². The molecular weight excluding hydrogens is 833 g/mol. The molecule has 0 fully saturated rings. The van der Waals surface area contributed by atoms with Crippen molar-refractivity contribution < 1.29 is 41.2 Å². The van der Waals surface area contributed by atoms with E-state index in [1.165, 1.54) is 0 Å². The van der Waals surface area contributed by atoms with Crippen LogP contribution in [-0.4, -0.2) is 107 Å². The Labute approximate surface area is 326 Å². The summed E-state index contributed by atoms with van der Waals surface area (Å²) in [7, 11) is -27.3. The highest BCUT2D eigenvalue weighted by atomic mass is 28.5. The largest absolute Gasteiger partial charge is 0.436 e. The molecule has 0 atom stereocenters. The molecule has 0 aromatic heterocycles.